The third-order valence-corrected chi connectivity index (χ3v) is 3.84. The van der Waals surface area contributed by atoms with E-state index in [1.165, 1.54) is 0 Å². The zero-order valence-corrected chi connectivity index (χ0v) is 11.5. The van der Waals surface area contributed by atoms with Gasteiger partial charge in [-0.3, -0.25) is 0 Å². The molecule has 1 aromatic heterocycles. The van der Waals surface area contributed by atoms with Crippen molar-refractivity contribution >= 4 is 34.5 Å². The number of nitrogens with zero attached hydrogens (tertiary/aromatic N) is 1. The molecule has 0 bridgehead atoms. The highest BCUT2D eigenvalue weighted by atomic mass is 35.5. The molecule has 0 aliphatic heterocycles. The summed E-state index contributed by atoms with van der Waals surface area (Å²) < 4.78 is 5.76. The minimum atomic E-state index is -0.128. The van der Waals surface area contributed by atoms with E-state index in [9.17, 15) is 0 Å². The number of thiazole rings is 1. The topological polar surface area (TPSA) is 22.1 Å². The summed E-state index contributed by atoms with van der Waals surface area (Å²) in [6.45, 7) is 1.94. The second kappa shape index (κ2) is 5.71. The van der Waals surface area contributed by atoms with Crippen molar-refractivity contribution in [2.24, 2.45) is 0 Å². The monoisotopic (exact) mass is 287 g/mol. The number of ether oxygens (including phenoxy) is 1. The number of hydrogen-bond acceptors (Lipinski definition) is 3. The quantitative estimate of drug-likeness (QED) is 0.762. The molecule has 0 radical (unpaired) electrons. The molecule has 2 rings (SSSR count). The third-order valence-electron chi connectivity index (χ3n) is 2.19. The van der Waals surface area contributed by atoms with Gasteiger partial charge in [-0.15, -0.1) is 22.9 Å². The Balaban J connectivity index is 2.11. The summed E-state index contributed by atoms with van der Waals surface area (Å²) in [5.41, 5.74) is 0.876. The maximum Gasteiger partial charge on any atom is 0.147 e. The molecule has 0 fully saturated rings. The van der Waals surface area contributed by atoms with Crippen molar-refractivity contribution in [1.29, 1.82) is 0 Å². The first-order chi connectivity index (χ1) is 8.20. The SMILES string of the molecule is CC(Oc1ccccc1Cl)c1nc(CCl)cs1. The van der Waals surface area contributed by atoms with Crippen molar-refractivity contribution in [3.05, 3.63) is 45.4 Å². The van der Waals surface area contributed by atoms with Crippen molar-refractivity contribution in [2.45, 2.75) is 18.9 Å². The molecule has 17 heavy (non-hydrogen) atoms. The van der Waals surface area contributed by atoms with Gasteiger partial charge in [0.05, 0.1) is 16.6 Å². The number of rotatable bonds is 4. The first kappa shape index (κ1) is 12.7. The zero-order valence-electron chi connectivity index (χ0n) is 9.19. The van der Waals surface area contributed by atoms with E-state index in [0.29, 0.717) is 16.7 Å². The van der Waals surface area contributed by atoms with Crippen LogP contribution in [-0.4, -0.2) is 4.98 Å². The summed E-state index contributed by atoms with van der Waals surface area (Å²) in [7, 11) is 0. The van der Waals surface area contributed by atoms with E-state index >= 15 is 0 Å². The molecule has 0 spiro atoms. The van der Waals surface area contributed by atoms with Gasteiger partial charge in [0.1, 0.15) is 16.9 Å². The highest BCUT2D eigenvalue weighted by Crippen LogP contribution is 2.29. The maximum absolute atomic E-state index is 6.03. The van der Waals surface area contributed by atoms with Gasteiger partial charge < -0.3 is 4.74 Å². The highest BCUT2D eigenvalue weighted by molar-refractivity contribution is 7.09. The lowest BCUT2D eigenvalue weighted by molar-refractivity contribution is 0.226. The average molecular weight is 288 g/mol. The first-order valence-corrected chi connectivity index (χ1v) is 6.91. The summed E-state index contributed by atoms with van der Waals surface area (Å²) in [6, 6.07) is 7.40. The Hall–Kier alpha value is -0.770. The van der Waals surface area contributed by atoms with Gasteiger partial charge in [0.2, 0.25) is 0 Å². The Morgan fingerprint density at radius 1 is 1.41 bits per heavy atom. The van der Waals surface area contributed by atoms with Crippen LogP contribution < -0.4 is 4.74 Å². The Morgan fingerprint density at radius 2 is 2.18 bits per heavy atom. The molecule has 5 heteroatoms. The number of hydrogen-bond donors (Lipinski definition) is 0. The number of halogens is 2. The van der Waals surface area contributed by atoms with Crippen LogP contribution in [-0.2, 0) is 5.88 Å². The van der Waals surface area contributed by atoms with E-state index in [-0.39, 0.29) is 6.10 Å². The van der Waals surface area contributed by atoms with Crippen LogP contribution >= 0.6 is 34.5 Å². The molecule has 2 nitrogen and oxygen atoms in total. The summed E-state index contributed by atoms with van der Waals surface area (Å²) >= 11 is 13.3. The summed E-state index contributed by atoms with van der Waals surface area (Å²) in [6.07, 6.45) is -0.128. The fourth-order valence-electron chi connectivity index (χ4n) is 1.35. The standard InChI is InChI=1S/C12H11Cl2NOS/c1-8(12-15-9(6-13)7-17-12)16-11-5-3-2-4-10(11)14/h2-5,7-8H,6H2,1H3. The zero-order chi connectivity index (χ0) is 12.3. The van der Waals surface area contributed by atoms with Gasteiger partial charge >= 0.3 is 0 Å². The van der Waals surface area contributed by atoms with Gasteiger partial charge in [-0.25, -0.2) is 4.98 Å². The van der Waals surface area contributed by atoms with Gasteiger partial charge in [-0.05, 0) is 19.1 Å². The predicted molar refractivity (Wildman–Crippen MR) is 72.2 cm³/mol. The largest absolute Gasteiger partial charge is 0.482 e. The molecule has 0 N–H and O–H groups in total. The number of benzene rings is 1. The van der Waals surface area contributed by atoms with Gasteiger partial charge in [0.25, 0.3) is 0 Å². The number of alkyl halides is 1. The molecular formula is C12H11Cl2NOS. The van der Waals surface area contributed by atoms with Crippen LogP contribution in [0.25, 0.3) is 0 Å². The number of aromatic nitrogens is 1. The van der Waals surface area contributed by atoms with Crippen LogP contribution in [0.4, 0.5) is 0 Å². The summed E-state index contributed by atoms with van der Waals surface area (Å²) in [5, 5.41) is 3.45. The normalized spacial score (nSPS) is 12.4. The van der Waals surface area contributed by atoms with E-state index in [1.807, 2.05) is 30.5 Å². The fraction of sp³-hybridized carbons (Fsp3) is 0.250. The van der Waals surface area contributed by atoms with Crippen molar-refractivity contribution in [3.8, 4) is 5.75 Å². The van der Waals surface area contributed by atoms with Crippen LogP contribution in [0.2, 0.25) is 5.02 Å². The molecular weight excluding hydrogens is 277 g/mol. The second-order valence-corrected chi connectivity index (χ2v) is 5.07. The molecule has 0 amide bonds. The minimum Gasteiger partial charge on any atom is -0.482 e. The third kappa shape index (κ3) is 3.12. The Kier molecular flexibility index (Phi) is 4.26. The van der Waals surface area contributed by atoms with Gasteiger partial charge in [0.15, 0.2) is 0 Å². The van der Waals surface area contributed by atoms with Gasteiger partial charge in [-0.2, -0.15) is 0 Å². The minimum absolute atomic E-state index is 0.128. The van der Waals surface area contributed by atoms with E-state index in [2.05, 4.69) is 4.98 Å². The van der Waals surface area contributed by atoms with Gasteiger partial charge in [-0.1, -0.05) is 23.7 Å². The predicted octanol–water partition coefficient (Wildman–Crippen LogP) is 4.68. The molecule has 0 saturated heterocycles. The molecule has 1 heterocycles. The highest BCUT2D eigenvalue weighted by Gasteiger charge is 2.13. The van der Waals surface area contributed by atoms with Crippen molar-refractivity contribution in [3.63, 3.8) is 0 Å². The van der Waals surface area contributed by atoms with Crippen molar-refractivity contribution in [1.82, 2.24) is 4.98 Å². The van der Waals surface area contributed by atoms with Crippen molar-refractivity contribution in [2.75, 3.05) is 0 Å². The first-order valence-electron chi connectivity index (χ1n) is 5.12. The van der Waals surface area contributed by atoms with E-state index < -0.39 is 0 Å². The van der Waals surface area contributed by atoms with E-state index in [4.69, 9.17) is 27.9 Å². The van der Waals surface area contributed by atoms with Crippen LogP contribution in [0.15, 0.2) is 29.6 Å². The lowest BCUT2D eigenvalue weighted by Crippen LogP contribution is -2.03. The Labute approximate surface area is 114 Å². The molecule has 2 aromatic rings. The van der Waals surface area contributed by atoms with E-state index in [1.54, 1.807) is 17.4 Å². The average Bonchev–Trinajstić information content (AvgIpc) is 2.81. The Morgan fingerprint density at radius 3 is 2.82 bits per heavy atom. The number of para-hydroxylation sites is 1. The molecule has 90 valence electrons. The summed E-state index contributed by atoms with van der Waals surface area (Å²) in [5.74, 6) is 1.10. The maximum atomic E-state index is 6.03. The lowest BCUT2D eigenvalue weighted by atomic mass is 10.3. The smallest absolute Gasteiger partial charge is 0.147 e. The molecule has 0 aliphatic carbocycles. The second-order valence-electron chi connectivity index (χ2n) is 3.50. The van der Waals surface area contributed by atoms with Crippen LogP contribution in [0.5, 0.6) is 5.75 Å². The van der Waals surface area contributed by atoms with Crippen molar-refractivity contribution < 1.29 is 4.74 Å². The van der Waals surface area contributed by atoms with Crippen LogP contribution in [0, 0.1) is 0 Å². The lowest BCUT2D eigenvalue weighted by Gasteiger charge is -2.13. The fourth-order valence-corrected chi connectivity index (χ4v) is 2.56. The van der Waals surface area contributed by atoms with Crippen LogP contribution in [0.1, 0.15) is 23.7 Å². The van der Waals surface area contributed by atoms with E-state index in [0.717, 1.165) is 10.7 Å². The molecule has 0 aliphatic rings. The van der Waals surface area contributed by atoms with Crippen LogP contribution in [0.3, 0.4) is 0 Å². The molecule has 1 unspecified atom stereocenters. The molecule has 1 aromatic carbocycles. The summed E-state index contributed by atoms with van der Waals surface area (Å²) in [4.78, 5) is 4.37. The Bertz CT molecular complexity index is 501. The van der Waals surface area contributed by atoms with Gasteiger partial charge in [0, 0.05) is 5.38 Å². The molecule has 0 saturated carbocycles. The molecule has 1 atom stereocenters.